The highest BCUT2D eigenvalue weighted by Crippen LogP contribution is 2.31. The number of halogens is 2. The first-order chi connectivity index (χ1) is 8.97. The summed E-state index contributed by atoms with van der Waals surface area (Å²) in [6.07, 6.45) is 0. The number of ether oxygens (including phenoxy) is 1. The summed E-state index contributed by atoms with van der Waals surface area (Å²) in [6.45, 7) is 1.90. The number of hydrogen-bond acceptors (Lipinski definition) is 2. The van der Waals surface area contributed by atoms with Gasteiger partial charge in [-0.3, -0.25) is 0 Å². The molecule has 0 heterocycles. The normalized spacial score (nSPS) is 10.3. The average molecular weight is 296 g/mol. The number of aryl methyl sites for hydroxylation is 1. The molecular weight excluding hydrogens is 285 g/mol. The maximum atomic E-state index is 13.8. The quantitative estimate of drug-likeness (QED) is 0.861. The predicted octanol–water partition coefficient (Wildman–Crippen LogP) is 4.21. The predicted molar refractivity (Wildman–Crippen MR) is 78.6 cm³/mol. The van der Waals surface area contributed by atoms with Gasteiger partial charge in [0.2, 0.25) is 0 Å². The first-order valence-corrected chi connectivity index (χ1v) is 6.29. The SMILES string of the molecule is Cc1ccc(Cl)c(Oc2ccc(C(N)=S)cc2F)c1. The lowest BCUT2D eigenvalue weighted by Gasteiger charge is -2.10. The topological polar surface area (TPSA) is 35.2 Å². The fraction of sp³-hybridized carbons (Fsp3) is 0.0714. The van der Waals surface area contributed by atoms with E-state index in [1.807, 2.05) is 13.0 Å². The van der Waals surface area contributed by atoms with Crippen LogP contribution in [0.15, 0.2) is 36.4 Å². The zero-order valence-electron chi connectivity index (χ0n) is 10.1. The van der Waals surface area contributed by atoms with Crippen LogP contribution < -0.4 is 10.5 Å². The Labute approximate surface area is 120 Å². The van der Waals surface area contributed by atoms with Crippen molar-refractivity contribution >= 4 is 28.8 Å². The largest absolute Gasteiger partial charge is 0.453 e. The van der Waals surface area contributed by atoms with Gasteiger partial charge in [-0.2, -0.15) is 0 Å². The highest BCUT2D eigenvalue weighted by Gasteiger charge is 2.09. The van der Waals surface area contributed by atoms with E-state index in [-0.39, 0.29) is 10.7 Å². The van der Waals surface area contributed by atoms with Crippen molar-refractivity contribution in [2.75, 3.05) is 0 Å². The summed E-state index contributed by atoms with van der Waals surface area (Å²) in [5, 5.41) is 0.420. The summed E-state index contributed by atoms with van der Waals surface area (Å²) in [6, 6.07) is 9.60. The summed E-state index contributed by atoms with van der Waals surface area (Å²) in [7, 11) is 0. The van der Waals surface area contributed by atoms with Gasteiger partial charge in [-0.25, -0.2) is 4.39 Å². The number of nitrogens with two attached hydrogens (primary N) is 1. The third-order valence-corrected chi connectivity index (χ3v) is 3.07. The molecule has 0 radical (unpaired) electrons. The van der Waals surface area contributed by atoms with Crippen LogP contribution in [0.3, 0.4) is 0 Å². The van der Waals surface area contributed by atoms with Gasteiger partial charge in [0.15, 0.2) is 11.6 Å². The molecule has 0 aliphatic heterocycles. The van der Waals surface area contributed by atoms with E-state index in [0.29, 0.717) is 16.3 Å². The van der Waals surface area contributed by atoms with E-state index in [4.69, 9.17) is 34.3 Å². The Morgan fingerprint density at radius 1 is 1.21 bits per heavy atom. The Kier molecular flexibility index (Phi) is 4.02. The van der Waals surface area contributed by atoms with E-state index in [0.717, 1.165) is 5.56 Å². The summed E-state index contributed by atoms with van der Waals surface area (Å²) in [5.74, 6) is -0.0565. The second-order valence-electron chi connectivity index (χ2n) is 4.05. The molecule has 0 aromatic heterocycles. The minimum Gasteiger partial charge on any atom is -0.453 e. The zero-order valence-corrected chi connectivity index (χ0v) is 11.7. The van der Waals surface area contributed by atoms with E-state index in [1.165, 1.54) is 12.1 Å². The van der Waals surface area contributed by atoms with Crippen LogP contribution in [0.5, 0.6) is 11.5 Å². The van der Waals surface area contributed by atoms with Gasteiger partial charge in [0.05, 0.1) is 5.02 Å². The second kappa shape index (κ2) is 5.55. The van der Waals surface area contributed by atoms with Crippen molar-refractivity contribution < 1.29 is 9.13 Å². The summed E-state index contributed by atoms with van der Waals surface area (Å²) < 4.78 is 19.3. The van der Waals surface area contributed by atoms with Crippen LogP contribution >= 0.6 is 23.8 Å². The van der Waals surface area contributed by atoms with Crippen LogP contribution in [0.1, 0.15) is 11.1 Å². The molecule has 2 aromatic rings. The third-order valence-electron chi connectivity index (χ3n) is 2.52. The van der Waals surface area contributed by atoms with Crippen molar-refractivity contribution in [3.05, 3.63) is 58.4 Å². The molecule has 0 aliphatic carbocycles. The molecule has 2 rings (SSSR count). The van der Waals surface area contributed by atoms with Crippen molar-refractivity contribution in [3.8, 4) is 11.5 Å². The first kappa shape index (κ1) is 13.8. The Morgan fingerprint density at radius 2 is 1.95 bits per heavy atom. The molecule has 0 saturated heterocycles. The van der Waals surface area contributed by atoms with Gasteiger partial charge in [0, 0.05) is 5.56 Å². The second-order valence-corrected chi connectivity index (χ2v) is 4.89. The number of benzene rings is 2. The van der Waals surface area contributed by atoms with E-state index >= 15 is 0 Å². The number of rotatable bonds is 3. The minimum atomic E-state index is -0.539. The molecule has 5 heteroatoms. The van der Waals surface area contributed by atoms with Crippen LogP contribution in [-0.2, 0) is 0 Å². The van der Waals surface area contributed by atoms with Gasteiger partial charge in [-0.15, -0.1) is 0 Å². The molecule has 98 valence electrons. The fourth-order valence-electron chi connectivity index (χ4n) is 1.54. The third kappa shape index (κ3) is 3.22. The lowest BCUT2D eigenvalue weighted by Crippen LogP contribution is -2.09. The summed E-state index contributed by atoms with van der Waals surface area (Å²) in [4.78, 5) is 0.138. The Hall–Kier alpha value is -1.65. The molecule has 2 aromatic carbocycles. The molecule has 0 saturated carbocycles. The fourth-order valence-corrected chi connectivity index (χ4v) is 1.83. The molecule has 0 amide bonds. The summed E-state index contributed by atoms with van der Waals surface area (Å²) in [5.41, 5.74) is 6.86. The number of thiocarbonyl (C=S) groups is 1. The van der Waals surface area contributed by atoms with E-state index in [1.54, 1.807) is 18.2 Å². The lowest BCUT2D eigenvalue weighted by atomic mass is 10.2. The van der Waals surface area contributed by atoms with Gasteiger partial charge < -0.3 is 10.5 Å². The van der Waals surface area contributed by atoms with Crippen LogP contribution in [-0.4, -0.2) is 4.99 Å². The standard InChI is InChI=1S/C14H11ClFNOS/c1-8-2-4-10(15)13(6-8)18-12-5-3-9(14(17)19)7-11(12)16/h2-7H,1H3,(H2,17,19). The number of hydrogen-bond donors (Lipinski definition) is 1. The lowest BCUT2D eigenvalue weighted by molar-refractivity contribution is 0.442. The van der Waals surface area contributed by atoms with Gasteiger partial charge in [0.1, 0.15) is 10.7 Å². The van der Waals surface area contributed by atoms with Crippen molar-refractivity contribution in [3.63, 3.8) is 0 Å². The molecule has 0 spiro atoms. The van der Waals surface area contributed by atoms with Crippen LogP contribution in [0, 0.1) is 12.7 Å². The minimum absolute atomic E-state index is 0.0764. The van der Waals surface area contributed by atoms with Crippen molar-refractivity contribution in [1.29, 1.82) is 0 Å². The molecule has 2 nitrogen and oxygen atoms in total. The highest BCUT2D eigenvalue weighted by molar-refractivity contribution is 7.80. The smallest absolute Gasteiger partial charge is 0.166 e. The van der Waals surface area contributed by atoms with E-state index < -0.39 is 5.82 Å². The van der Waals surface area contributed by atoms with Gasteiger partial charge in [0.25, 0.3) is 0 Å². The van der Waals surface area contributed by atoms with E-state index in [2.05, 4.69) is 0 Å². The first-order valence-electron chi connectivity index (χ1n) is 5.51. The van der Waals surface area contributed by atoms with E-state index in [9.17, 15) is 4.39 Å². The molecule has 2 N–H and O–H groups in total. The van der Waals surface area contributed by atoms with Crippen molar-refractivity contribution in [2.45, 2.75) is 6.92 Å². The van der Waals surface area contributed by atoms with Crippen LogP contribution in [0.4, 0.5) is 4.39 Å². The van der Waals surface area contributed by atoms with Crippen molar-refractivity contribution in [2.24, 2.45) is 5.73 Å². The molecular formula is C14H11ClFNOS. The molecule has 0 atom stereocenters. The van der Waals surface area contributed by atoms with Gasteiger partial charge >= 0.3 is 0 Å². The summed E-state index contributed by atoms with van der Waals surface area (Å²) >= 11 is 10.8. The molecule has 0 fully saturated rings. The Balaban J connectivity index is 2.33. The molecule has 0 bridgehead atoms. The maximum Gasteiger partial charge on any atom is 0.166 e. The molecule has 19 heavy (non-hydrogen) atoms. The molecule has 0 unspecified atom stereocenters. The van der Waals surface area contributed by atoms with Gasteiger partial charge in [-0.1, -0.05) is 29.9 Å². The monoisotopic (exact) mass is 295 g/mol. The average Bonchev–Trinajstić information content (AvgIpc) is 2.36. The zero-order chi connectivity index (χ0) is 14.0. The van der Waals surface area contributed by atoms with Crippen LogP contribution in [0.2, 0.25) is 5.02 Å². The van der Waals surface area contributed by atoms with Crippen LogP contribution in [0.25, 0.3) is 0 Å². The highest BCUT2D eigenvalue weighted by atomic mass is 35.5. The van der Waals surface area contributed by atoms with Gasteiger partial charge in [-0.05, 0) is 42.8 Å². The van der Waals surface area contributed by atoms with Crippen molar-refractivity contribution in [1.82, 2.24) is 0 Å². The molecule has 0 aliphatic rings. The maximum absolute atomic E-state index is 13.8. The Morgan fingerprint density at radius 3 is 2.58 bits per heavy atom. The Bertz CT molecular complexity index is 645.